The van der Waals surface area contributed by atoms with E-state index in [9.17, 15) is 5.11 Å². The molecule has 0 bridgehead atoms. The maximum absolute atomic E-state index is 9.23. The summed E-state index contributed by atoms with van der Waals surface area (Å²) in [7, 11) is 0. The Hall–Kier alpha value is -0.120. The van der Waals surface area contributed by atoms with Crippen LogP contribution < -0.4 is 5.48 Å². The van der Waals surface area contributed by atoms with E-state index in [2.05, 4.69) is 0 Å². The smallest absolute Gasteiger partial charge is 0.137 e. The Morgan fingerprint density at radius 1 is 1.67 bits per heavy atom. The first kappa shape index (κ1) is 8.88. The SMILES string of the molecule is CCC(C)C(C)(O)NO. The van der Waals surface area contributed by atoms with Gasteiger partial charge in [0, 0.05) is 0 Å². The molecule has 3 nitrogen and oxygen atoms in total. The second kappa shape index (κ2) is 3.15. The molecule has 0 aromatic rings. The van der Waals surface area contributed by atoms with Crippen molar-refractivity contribution in [3.63, 3.8) is 0 Å². The summed E-state index contributed by atoms with van der Waals surface area (Å²) in [5.41, 5.74) is 0.703. The van der Waals surface area contributed by atoms with Crippen LogP contribution in [-0.2, 0) is 0 Å². The molecule has 0 aliphatic heterocycles. The topological polar surface area (TPSA) is 52.5 Å². The molecule has 0 saturated carbocycles. The second-order valence-corrected chi connectivity index (χ2v) is 2.57. The Morgan fingerprint density at radius 2 is 2.11 bits per heavy atom. The summed E-state index contributed by atoms with van der Waals surface area (Å²) in [5.74, 6) is 0.0579. The first-order chi connectivity index (χ1) is 4.04. The van der Waals surface area contributed by atoms with Gasteiger partial charge in [0.2, 0.25) is 0 Å². The molecule has 0 saturated heterocycles. The molecule has 0 radical (unpaired) electrons. The minimum Gasteiger partial charge on any atom is -0.374 e. The monoisotopic (exact) mass is 133 g/mol. The number of aliphatic hydroxyl groups is 1. The van der Waals surface area contributed by atoms with Gasteiger partial charge in [-0.15, -0.1) is 0 Å². The summed E-state index contributed by atoms with van der Waals surface area (Å²) in [6, 6.07) is 0. The average Bonchev–Trinajstić information content (AvgIpc) is 1.86. The van der Waals surface area contributed by atoms with Gasteiger partial charge >= 0.3 is 0 Å². The van der Waals surface area contributed by atoms with Crippen molar-refractivity contribution in [3.05, 3.63) is 0 Å². The molecule has 2 atom stereocenters. The molecule has 56 valence electrons. The minimum absolute atomic E-state index is 0.0579. The van der Waals surface area contributed by atoms with Gasteiger partial charge < -0.3 is 10.3 Å². The van der Waals surface area contributed by atoms with E-state index >= 15 is 0 Å². The van der Waals surface area contributed by atoms with Crippen molar-refractivity contribution < 1.29 is 10.3 Å². The van der Waals surface area contributed by atoms with E-state index < -0.39 is 5.72 Å². The van der Waals surface area contributed by atoms with E-state index in [1.165, 1.54) is 0 Å². The third-order valence-corrected chi connectivity index (χ3v) is 1.80. The molecule has 0 fully saturated rings. The largest absolute Gasteiger partial charge is 0.374 e. The van der Waals surface area contributed by atoms with E-state index in [0.717, 1.165) is 6.42 Å². The zero-order chi connectivity index (χ0) is 7.49. The molecule has 0 amide bonds. The zero-order valence-electron chi connectivity index (χ0n) is 6.18. The van der Waals surface area contributed by atoms with Crippen LogP contribution in [0.3, 0.4) is 0 Å². The molecule has 2 unspecified atom stereocenters. The molecule has 3 N–H and O–H groups in total. The van der Waals surface area contributed by atoms with Crippen LogP contribution in [0.4, 0.5) is 0 Å². The molecule has 0 aliphatic carbocycles. The first-order valence-corrected chi connectivity index (χ1v) is 3.18. The fourth-order valence-electron chi connectivity index (χ4n) is 0.508. The summed E-state index contributed by atoms with van der Waals surface area (Å²) in [5, 5.41) is 17.6. The number of hydroxylamine groups is 1. The predicted octanol–water partition coefficient (Wildman–Crippen LogP) is 0.720. The Bertz CT molecular complexity index is 83.1. The van der Waals surface area contributed by atoms with Gasteiger partial charge in [-0.25, -0.2) is 0 Å². The number of nitrogens with one attached hydrogen (secondary N) is 1. The van der Waals surface area contributed by atoms with Gasteiger partial charge in [0.1, 0.15) is 5.72 Å². The highest BCUT2D eigenvalue weighted by atomic mass is 16.5. The molecule has 9 heavy (non-hydrogen) atoms. The van der Waals surface area contributed by atoms with Crippen molar-refractivity contribution in [2.75, 3.05) is 0 Å². The molecular weight excluding hydrogens is 118 g/mol. The lowest BCUT2D eigenvalue weighted by atomic mass is 9.98. The van der Waals surface area contributed by atoms with Crippen LogP contribution in [0.2, 0.25) is 0 Å². The van der Waals surface area contributed by atoms with Crippen LogP contribution in [0.25, 0.3) is 0 Å². The van der Waals surface area contributed by atoms with Crippen molar-refractivity contribution in [1.82, 2.24) is 5.48 Å². The Kier molecular flexibility index (Phi) is 3.11. The standard InChI is InChI=1S/C6H15NO2/c1-4-5(2)6(3,8)7-9/h5,7-9H,4H2,1-3H3. The highest BCUT2D eigenvalue weighted by Gasteiger charge is 2.25. The summed E-state index contributed by atoms with van der Waals surface area (Å²) >= 11 is 0. The van der Waals surface area contributed by atoms with Gasteiger partial charge in [-0.05, 0) is 19.3 Å². The lowest BCUT2D eigenvalue weighted by Crippen LogP contribution is -2.45. The lowest BCUT2D eigenvalue weighted by molar-refractivity contribution is -0.114. The van der Waals surface area contributed by atoms with Crippen LogP contribution in [0.5, 0.6) is 0 Å². The fourth-order valence-corrected chi connectivity index (χ4v) is 0.508. The average molecular weight is 133 g/mol. The summed E-state index contributed by atoms with van der Waals surface area (Å²) in [4.78, 5) is 0. The summed E-state index contributed by atoms with van der Waals surface area (Å²) in [6.45, 7) is 5.36. The highest BCUT2D eigenvalue weighted by Crippen LogP contribution is 2.15. The van der Waals surface area contributed by atoms with Gasteiger partial charge in [-0.2, -0.15) is 5.48 Å². The molecule has 0 aromatic carbocycles. The van der Waals surface area contributed by atoms with Crippen molar-refractivity contribution >= 4 is 0 Å². The van der Waals surface area contributed by atoms with Crippen LogP contribution in [-0.4, -0.2) is 16.0 Å². The van der Waals surface area contributed by atoms with Crippen molar-refractivity contribution in [2.45, 2.75) is 32.9 Å². The van der Waals surface area contributed by atoms with E-state index in [1.54, 1.807) is 6.92 Å². The maximum Gasteiger partial charge on any atom is 0.137 e. The number of rotatable bonds is 3. The Balaban J connectivity index is 3.80. The number of hydrogen-bond acceptors (Lipinski definition) is 3. The van der Waals surface area contributed by atoms with E-state index in [4.69, 9.17) is 5.21 Å². The summed E-state index contributed by atoms with van der Waals surface area (Å²) < 4.78 is 0. The molecule has 0 aliphatic rings. The van der Waals surface area contributed by atoms with Gasteiger partial charge in [0.05, 0.1) is 0 Å². The third kappa shape index (κ3) is 2.30. The zero-order valence-corrected chi connectivity index (χ0v) is 6.18. The van der Waals surface area contributed by atoms with Crippen LogP contribution in [0, 0.1) is 5.92 Å². The van der Waals surface area contributed by atoms with Crippen LogP contribution >= 0.6 is 0 Å². The van der Waals surface area contributed by atoms with Gasteiger partial charge in [0.25, 0.3) is 0 Å². The van der Waals surface area contributed by atoms with E-state index in [-0.39, 0.29) is 5.92 Å². The molecule has 0 heterocycles. The maximum atomic E-state index is 9.23. The van der Waals surface area contributed by atoms with Gasteiger partial charge in [-0.1, -0.05) is 13.8 Å². The van der Waals surface area contributed by atoms with Gasteiger partial charge in [-0.3, -0.25) is 0 Å². The molecule has 0 spiro atoms. The van der Waals surface area contributed by atoms with Crippen molar-refractivity contribution in [3.8, 4) is 0 Å². The summed E-state index contributed by atoms with van der Waals surface area (Å²) in [6.07, 6.45) is 0.834. The quantitative estimate of drug-likeness (QED) is 0.393. The fraction of sp³-hybridized carbons (Fsp3) is 1.00. The van der Waals surface area contributed by atoms with E-state index in [1.807, 2.05) is 19.3 Å². The molecule has 3 heteroatoms. The molecule has 0 aromatic heterocycles. The second-order valence-electron chi connectivity index (χ2n) is 2.57. The first-order valence-electron chi connectivity index (χ1n) is 3.18. The third-order valence-electron chi connectivity index (χ3n) is 1.80. The van der Waals surface area contributed by atoms with Crippen molar-refractivity contribution in [2.24, 2.45) is 5.92 Å². The minimum atomic E-state index is -1.14. The Labute approximate surface area is 55.7 Å². The molecular formula is C6H15NO2. The van der Waals surface area contributed by atoms with Gasteiger partial charge in [0.15, 0.2) is 0 Å². The number of hydrogen-bond donors (Lipinski definition) is 3. The molecule has 0 rings (SSSR count). The van der Waals surface area contributed by atoms with E-state index in [0.29, 0.717) is 0 Å². The highest BCUT2D eigenvalue weighted by molar-refractivity contribution is 4.70. The lowest BCUT2D eigenvalue weighted by Gasteiger charge is -2.27. The Morgan fingerprint density at radius 3 is 2.22 bits per heavy atom. The van der Waals surface area contributed by atoms with Crippen LogP contribution in [0.1, 0.15) is 27.2 Å². The normalized spacial score (nSPS) is 21.0. The predicted molar refractivity (Wildman–Crippen MR) is 35.0 cm³/mol. The van der Waals surface area contributed by atoms with Crippen LogP contribution in [0.15, 0.2) is 0 Å². The van der Waals surface area contributed by atoms with Crippen molar-refractivity contribution in [1.29, 1.82) is 0 Å².